The summed E-state index contributed by atoms with van der Waals surface area (Å²) in [4.78, 5) is 21.8. The van der Waals surface area contributed by atoms with E-state index in [-0.39, 0.29) is 17.2 Å². The van der Waals surface area contributed by atoms with Gasteiger partial charge in [-0.05, 0) is 60.7 Å². The highest BCUT2D eigenvalue weighted by molar-refractivity contribution is 7.97. The molecular weight excluding hydrogens is 496 g/mol. The van der Waals surface area contributed by atoms with Crippen LogP contribution in [-0.4, -0.2) is 23.7 Å². The molecule has 0 aliphatic heterocycles. The van der Waals surface area contributed by atoms with Crippen LogP contribution in [0.15, 0.2) is 60.7 Å². The molecule has 3 aromatic carbocycles. The minimum absolute atomic E-state index is 0.0744. The molecule has 3 rings (SSSR count). The van der Waals surface area contributed by atoms with Crippen LogP contribution in [0.3, 0.4) is 0 Å². The Bertz CT molecular complexity index is 1070. The number of rotatable bonds is 9. The van der Waals surface area contributed by atoms with Crippen LogP contribution in [-0.2, 0) is 17.8 Å². The van der Waals surface area contributed by atoms with E-state index in [1.165, 1.54) is 23.6 Å². The van der Waals surface area contributed by atoms with Gasteiger partial charge < -0.3 is 19.9 Å². The molecule has 0 saturated carbocycles. The summed E-state index contributed by atoms with van der Waals surface area (Å²) in [7, 11) is 0. The normalized spacial score (nSPS) is 9.26. The van der Waals surface area contributed by atoms with Crippen LogP contribution >= 0.6 is 11.9 Å². The first-order valence-corrected chi connectivity index (χ1v) is 14.3. The van der Waals surface area contributed by atoms with Gasteiger partial charge in [0.1, 0.15) is 17.2 Å². The monoisotopic (exact) mass is 540 g/mol. The van der Waals surface area contributed by atoms with Crippen LogP contribution in [0.25, 0.3) is 0 Å². The van der Waals surface area contributed by atoms with Crippen molar-refractivity contribution in [1.29, 1.82) is 0 Å². The lowest BCUT2D eigenvalue weighted by molar-refractivity contribution is -0.107. The van der Waals surface area contributed by atoms with Crippen LogP contribution < -0.4 is 14.8 Å². The van der Waals surface area contributed by atoms with E-state index in [9.17, 15) is 14.7 Å². The Labute approximate surface area is 233 Å². The molecule has 0 aliphatic rings. The highest BCUT2D eigenvalue weighted by Crippen LogP contribution is 2.32. The number of hydrogen-bond acceptors (Lipinski definition) is 5. The summed E-state index contributed by atoms with van der Waals surface area (Å²) in [5.74, 6) is 0.881. The number of carbonyl (C=O) groups excluding carboxylic acids is 2. The van der Waals surface area contributed by atoms with Crippen LogP contribution in [0.2, 0.25) is 0 Å². The molecule has 0 saturated heterocycles. The van der Waals surface area contributed by atoms with Crippen molar-refractivity contribution in [3.63, 3.8) is 0 Å². The van der Waals surface area contributed by atoms with Gasteiger partial charge in [-0.2, -0.15) is 0 Å². The minimum atomic E-state index is -0.344. The average Bonchev–Trinajstić information content (AvgIpc) is 2.94. The third-order valence-electron chi connectivity index (χ3n) is 4.95. The zero-order valence-electron chi connectivity index (χ0n) is 24.1. The van der Waals surface area contributed by atoms with E-state index >= 15 is 0 Å². The predicted molar refractivity (Wildman–Crippen MR) is 161 cm³/mol. The number of amides is 2. The lowest BCUT2D eigenvalue weighted by atomic mass is 10.0. The highest BCUT2D eigenvalue weighted by atomic mass is 32.2. The van der Waals surface area contributed by atoms with E-state index in [0.29, 0.717) is 18.7 Å². The molecule has 0 spiro atoms. The van der Waals surface area contributed by atoms with E-state index in [4.69, 9.17) is 4.74 Å². The number of nitrogens with one attached hydrogen (secondary N) is 2. The Kier molecular flexibility index (Phi) is 18.7. The van der Waals surface area contributed by atoms with E-state index in [1.807, 2.05) is 71.9 Å². The average molecular weight is 541 g/mol. The molecule has 38 heavy (non-hydrogen) atoms. The smallest absolute Gasteiger partial charge is 0.255 e. The molecule has 7 heteroatoms. The molecule has 208 valence electrons. The van der Waals surface area contributed by atoms with Crippen LogP contribution in [0.1, 0.15) is 73.7 Å². The predicted octanol–water partition coefficient (Wildman–Crippen LogP) is 7.75. The maximum atomic E-state index is 12.6. The molecule has 0 bridgehead atoms. The summed E-state index contributed by atoms with van der Waals surface area (Å²) >= 11 is 1.28. The zero-order chi connectivity index (χ0) is 28.9. The molecule has 0 heterocycles. The number of hydrogen-bond donors (Lipinski definition) is 3. The SMILES string of the molecule is CC.CC.CCCc1cc(C)c(Oc2ccc(O)c(C(=O)NCc3ccccc3)c2)c(C)c1.CSNC=O. The van der Waals surface area contributed by atoms with Crippen molar-refractivity contribution in [3.05, 3.63) is 88.5 Å². The first-order valence-electron chi connectivity index (χ1n) is 13.0. The zero-order valence-corrected chi connectivity index (χ0v) is 24.9. The summed E-state index contributed by atoms with van der Waals surface area (Å²) in [6, 6.07) is 18.7. The summed E-state index contributed by atoms with van der Waals surface area (Å²) in [5.41, 5.74) is 4.58. The molecule has 0 radical (unpaired) electrons. The Morgan fingerprint density at radius 1 is 0.947 bits per heavy atom. The van der Waals surface area contributed by atoms with Crippen molar-refractivity contribution in [2.45, 2.75) is 67.9 Å². The van der Waals surface area contributed by atoms with Crippen molar-refractivity contribution in [1.82, 2.24) is 10.0 Å². The van der Waals surface area contributed by atoms with Gasteiger partial charge in [0.2, 0.25) is 6.41 Å². The highest BCUT2D eigenvalue weighted by Gasteiger charge is 2.14. The number of carbonyl (C=O) groups is 2. The van der Waals surface area contributed by atoms with Gasteiger partial charge in [-0.25, -0.2) is 0 Å². The molecule has 0 unspecified atom stereocenters. The van der Waals surface area contributed by atoms with Gasteiger partial charge in [0, 0.05) is 12.8 Å². The van der Waals surface area contributed by atoms with Gasteiger partial charge in [-0.3, -0.25) is 9.59 Å². The second kappa shape index (κ2) is 20.6. The second-order valence-electron chi connectivity index (χ2n) is 7.70. The molecule has 0 fully saturated rings. The Morgan fingerprint density at radius 3 is 2.05 bits per heavy atom. The lowest BCUT2D eigenvalue weighted by Gasteiger charge is -2.15. The lowest BCUT2D eigenvalue weighted by Crippen LogP contribution is -2.22. The Hall–Kier alpha value is -3.45. The summed E-state index contributed by atoms with van der Waals surface area (Å²) in [5, 5.41) is 13.0. The summed E-state index contributed by atoms with van der Waals surface area (Å²) in [6.07, 6.45) is 4.56. The van der Waals surface area contributed by atoms with Gasteiger partial charge in [0.05, 0.1) is 5.56 Å². The van der Waals surface area contributed by atoms with E-state index in [0.717, 1.165) is 35.3 Å². The third-order valence-corrected chi connectivity index (χ3v) is 5.29. The van der Waals surface area contributed by atoms with Crippen molar-refractivity contribution < 1.29 is 19.4 Å². The number of aryl methyl sites for hydroxylation is 3. The molecule has 0 atom stereocenters. The van der Waals surface area contributed by atoms with Crippen molar-refractivity contribution >= 4 is 24.3 Å². The summed E-state index contributed by atoms with van der Waals surface area (Å²) in [6.45, 7) is 14.6. The Balaban J connectivity index is 0.00000134. The van der Waals surface area contributed by atoms with Crippen LogP contribution in [0, 0.1) is 13.8 Å². The van der Waals surface area contributed by atoms with Crippen LogP contribution in [0.4, 0.5) is 0 Å². The standard InChI is InChI=1S/C25H27NO3.C2H5NOS.2C2H6/c1-4-8-20-13-17(2)24(18(3)14-20)29-21-11-12-23(27)22(15-21)25(28)26-16-19-9-6-5-7-10-19;1-5-3-2-4;2*1-2/h5-7,9-15,27H,4,8,16H2,1-3H3,(H,26,28);2H,1H3,(H,3,4);2*1-2H3. The van der Waals surface area contributed by atoms with Gasteiger partial charge >= 0.3 is 0 Å². The molecule has 0 aliphatic carbocycles. The number of phenolic OH excluding ortho intramolecular Hbond substituents is 1. The first kappa shape index (κ1) is 34.6. The van der Waals surface area contributed by atoms with Gasteiger partial charge in [0.15, 0.2) is 0 Å². The number of aromatic hydroxyl groups is 1. The van der Waals surface area contributed by atoms with Gasteiger partial charge in [0.25, 0.3) is 5.91 Å². The quantitative estimate of drug-likeness (QED) is 0.191. The number of benzene rings is 3. The van der Waals surface area contributed by atoms with Crippen molar-refractivity contribution in [2.75, 3.05) is 6.26 Å². The second-order valence-corrected chi connectivity index (χ2v) is 8.34. The molecule has 0 aromatic heterocycles. The molecule has 2 amide bonds. The fraction of sp³-hybridized carbons (Fsp3) is 0.355. The largest absolute Gasteiger partial charge is 0.507 e. The molecule has 3 aromatic rings. The maximum Gasteiger partial charge on any atom is 0.255 e. The minimum Gasteiger partial charge on any atom is -0.507 e. The van der Waals surface area contributed by atoms with Gasteiger partial charge in [-0.1, -0.05) is 95.5 Å². The van der Waals surface area contributed by atoms with Crippen molar-refractivity contribution in [3.8, 4) is 17.2 Å². The Morgan fingerprint density at radius 2 is 1.55 bits per heavy atom. The third kappa shape index (κ3) is 12.2. The number of phenols is 1. The maximum absolute atomic E-state index is 12.6. The van der Waals surface area contributed by atoms with Crippen molar-refractivity contribution in [2.24, 2.45) is 0 Å². The van der Waals surface area contributed by atoms with Gasteiger partial charge in [-0.15, -0.1) is 0 Å². The summed E-state index contributed by atoms with van der Waals surface area (Å²) < 4.78 is 8.44. The molecular formula is C31H44N2O4S. The first-order chi connectivity index (χ1) is 18.4. The van der Waals surface area contributed by atoms with E-state index in [1.54, 1.807) is 18.4 Å². The fourth-order valence-electron chi connectivity index (χ4n) is 3.43. The topological polar surface area (TPSA) is 87.7 Å². The molecule has 3 N–H and O–H groups in total. The van der Waals surface area contributed by atoms with Crippen LogP contribution in [0.5, 0.6) is 17.2 Å². The fourth-order valence-corrected chi connectivity index (χ4v) is 3.53. The van der Waals surface area contributed by atoms with E-state index in [2.05, 4.69) is 29.1 Å². The number of ether oxygens (including phenoxy) is 1. The van der Waals surface area contributed by atoms with E-state index < -0.39 is 0 Å². The molecule has 6 nitrogen and oxygen atoms in total.